The van der Waals surface area contributed by atoms with Gasteiger partial charge in [-0.25, -0.2) is 0 Å². The fourth-order valence-corrected chi connectivity index (χ4v) is 1.26. The van der Waals surface area contributed by atoms with Crippen LogP contribution in [0.25, 0.3) is 0 Å². The second-order valence-electron chi connectivity index (χ2n) is 3.73. The molecule has 1 atom stereocenters. The van der Waals surface area contributed by atoms with Crippen LogP contribution in [0.4, 0.5) is 0 Å². The van der Waals surface area contributed by atoms with Crippen molar-refractivity contribution in [3.8, 4) is 0 Å². The zero-order valence-electron chi connectivity index (χ0n) is 10.8. The zero-order valence-corrected chi connectivity index (χ0v) is 10.8. The normalized spacial score (nSPS) is 13.7. The van der Waals surface area contributed by atoms with Crippen molar-refractivity contribution < 1.29 is 19.4 Å². The van der Waals surface area contributed by atoms with Gasteiger partial charge in [-0.2, -0.15) is 0 Å². The van der Waals surface area contributed by atoms with E-state index < -0.39 is 18.2 Å². The van der Waals surface area contributed by atoms with E-state index in [-0.39, 0.29) is 6.10 Å². The fourth-order valence-electron chi connectivity index (χ4n) is 1.26. The van der Waals surface area contributed by atoms with Crippen LogP contribution in [0.2, 0.25) is 0 Å². The quantitative estimate of drug-likeness (QED) is 0.389. The summed E-state index contributed by atoms with van der Waals surface area (Å²) < 4.78 is 5.22. The van der Waals surface area contributed by atoms with E-state index in [1.54, 1.807) is 19.3 Å². The summed E-state index contributed by atoms with van der Waals surface area (Å²) in [7, 11) is 1.67. The second-order valence-corrected chi connectivity index (χ2v) is 3.73. The molecule has 0 fully saturated rings. The van der Waals surface area contributed by atoms with Gasteiger partial charge < -0.3 is 9.84 Å². The van der Waals surface area contributed by atoms with Crippen LogP contribution in [0.1, 0.15) is 26.2 Å². The summed E-state index contributed by atoms with van der Waals surface area (Å²) in [6, 6.07) is 0. The molecule has 0 aromatic rings. The molecule has 0 radical (unpaired) electrons. The SMILES string of the molecule is CCCC(C=CC=CC=CC(=O)CC(=O)O)OC. The Kier molecular flexibility index (Phi) is 9.50. The van der Waals surface area contributed by atoms with Gasteiger partial charge in [0.1, 0.15) is 6.42 Å². The summed E-state index contributed by atoms with van der Waals surface area (Å²) in [5.74, 6) is -1.53. The topological polar surface area (TPSA) is 63.6 Å². The first-order valence-electron chi connectivity index (χ1n) is 5.89. The van der Waals surface area contributed by atoms with E-state index in [0.717, 1.165) is 12.8 Å². The first-order chi connectivity index (χ1) is 8.60. The summed E-state index contributed by atoms with van der Waals surface area (Å²) in [5, 5.41) is 8.37. The smallest absolute Gasteiger partial charge is 0.311 e. The maximum absolute atomic E-state index is 11.0. The molecule has 4 heteroatoms. The van der Waals surface area contributed by atoms with Crippen molar-refractivity contribution in [3.05, 3.63) is 36.5 Å². The molecular formula is C14H20O4. The van der Waals surface area contributed by atoms with Crippen molar-refractivity contribution in [1.82, 2.24) is 0 Å². The largest absolute Gasteiger partial charge is 0.481 e. The van der Waals surface area contributed by atoms with Crippen molar-refractivity contribution in [1.29, 1.82) is 0 Å². The molecule has 1 N–H and O–H groups in total. The molecule has 0 bridgehead atoms. The monoisotopic (exact) mass is 252 g/mol. The molecule has 0 aliphatic rings. The zero-order chi connectivity index (χ0) is 13.8. The molecule has 0 heterocycles. The molecule has 0 amide bonds. The second kappa shape index (κ2) is 10.5. The van der Waals surface area contributed by atoms with Gasteiger partial charge in [-0.3, -0.25) is 9.59 Å². The van der Waals surface area contributed by atoms with Gasteiger partial charge in [0, 0.05) is 7.11 Å². The fraction of sp³-hybridized carbons (Fsp3) is 0.429. The minimum absolute atomic E-state index is 0.109. The van der Waals surface area contributed by atoms with Gasteiger partial charge >= 0.3 is 5.97 Å². The van der Waals surface area contributed by atoms with Crippen molar-refractivity contribution in [3.63, 3.8) is 0 Å². The number of carboxylic acids is 1. The lowest BCUT2D eigenvalue weighted by Crippen LogP contribution is -2.05. The Labute approximate surface area is 108 Å². The molecule has 0 rings (SSSR count). The molecule has 0 spiro atoms. The van der Waals surface area contributed by atoms with Gasteiger partial charge in [-0.15, -0.1) is 0 Å². The van der Waals surface area contributed by atoms with Crippen LogP contribution < -0.4 is 0 Å². The van der Waals surface area contributed by atoms with Gasteiger partial charge in [0.15, 0.2) is 5.78 Å². The Morgan fingerprint density at radius 2 is 1.89 bits per heavy atom. The third-order valence-electron chi connectivity index (χ3n) is 2.14. The number of allylic oxidation sites excluding steroid dienone is 5. The molecular weight excluding hydrogens is 232 g/mol. The number of ether oxygens (including phenoxy) is 1. The Bertz CT molecular complexity index is 340. The number of carboxylic acid groups (broad SMARTS) is 1. The van der Waals surface area contributed by atoms with Crippen LogP contribution in [0.3, 0.4) is 0 Å². The molecule has 0 saturated heterocycles. The minimum Gasteiger partial charge on any atom is -0.481 e. The van der Waals surface area contributed by atoms with Gasteiger partial charge in [0.25, 0.3) is 0 Å². The average Bonchev–Trinajstić information content (AvgIpc) is 2.31. The standard InChI is InChI=1S/C14H20O4/c1-3-8-13(18-2)10-7-5-4-6-9-12(15)11-14(16)17/h4-7,9-10,13H,3,8,11H2,1-2H3,(H,16,17). The van der Waals surface area contributed by atoms with Crippen molar-refractivity contribution in [2.75, 3.05) is 7.11 Å². The number of aliphatic carboxylic acids is 1. The predicted molar refractivity (Wildman–Crippen MR) is 70.4 cm³/mol. The molecule has 0 aromatic carbocycles. The number of carbonyl (C=O) groups excluding carboxylic acids is 1. The van der Waals surface area contributed by atoms with Gasteiger partial charge in [-0.1, -0.05) is 43.7 Å². The predicted octanol–water partition coefficient (Wildman–Crippen LogP) is 2.51. The molecule has 0 aliphatic heterocycles. The third-order valence-corrected chi connectivity index (χ3v) is 2.14. The Morgan fingerprint density at radius 1 is 1.22 bits per heavy atom. The van der Waals surface area contributed by atoms with E-state index in [2.05, 4.69) is 6.92 Å². The lowest BCUT2D eigenvalue weighted by Gasteiger charge is -2.07. The number of methoxy groups -OCH3 is 1. The molecule has 0 aliphatic carbocycles. The van der Waals surface area contributed by atoms with E-state index in [0.29, 0.717) is 0 Å². The number of hydrogen-bond donors (Lipinski definition) is 1. The first kappa shape index (κ1) is 16.3. The van der Waals surface area contributed by atoms with Crippen LogP contribution in [-0.2, 0) is 14.3 Å². The van der Waals surface area contributed by atoms with E-state index >= 15 is 0 Å². The highest BCUT2D eigenvalue weighted by Crippen LogP contribution is 2.02. The average molecular weight is 252 g/mol. The maximum Gasteiger partial charge on any atom is 0.311 e. The number of ketones is 1. The Hall–Kier alpha value is -1.68. The van der Waals surface area contributed by atoms with Gasteiger partial charge in [0.05, 0.1) is 6.10 Å². The third kappa shape index (κ3) is 9.54. The van der Waals surface area contributed by atoms with Gasteiger partial charge in [-0.05, 0) is 12.5 Å². The molecule has 18 heavy (non-hydrogen) atoms. The van der Waals surface area contributed by atoms with Crippen molar-refractivity contribution >= 4 is 11.8 Å². The molecule has 1 unspecified atom stereocenters. The lowest BCUT2D eigenvalue weighted by molar-refractivity contribution is -0.139. The van der Waals surface area contributed by atoms with Crippen molar-refractivity contribution in [2.24, 2.45) is 0 Å². The van der Waals surface area contributed by atoms with Crippen LogP contribution in [-0.4, -0.2) is 30.1 Å². The molecule has 0 saturated carbocycles. The molecule has 0 aromatic heterocycles. The van der Waals surface area contributed by atoms with Crippen LogP contribution in [0.15, 0.2) is 36.5 Å². The number of carbonyl (C=O) groups is 2. The van der Waals surface area contributed by atoms with Crippen molar-refractivity contribution in [2.45, 2.75) is 32.3 Å². The lowest BCUT2D eigenvalue weighted by atomic mass is 10.2. The summed E-state index contributed by atoms with van der Waals surface area (Å²) in [5.41, 5.74) is 0. The van der Waals surface area contributed by atoms with Crippen LogP contribution in [0, 0.1) is 0 Å². The highest BCUT2D eigenvalue weighted by atomic mass is 16.5. The van der Waals surface area contributed by atoms with E-state index in [1.165, 1.54) is 12.2 Å². The summed E-state index contributed by atoms with van der Waals surface area (Å²) in [6.07, 6.45) is 11.7. The Balaban J connectivity index is 4.02. The summed E-state index contributed by atoms with van der Waals surface area (Å²) >= 11 is 0. The highest BCUT2D eigenvalue weighted by Gasteiger charge is 2.01. The van der Waals surface area contributed by atoms with Crippen LogP contribution in [0.5, 0.6) is 0 Å². The van der Waals surface area contributed by atoms with E-state index in [9.17, 15) is 9.59 Å². The maximum atomic E-state index is 11.0. The van der Waals surface area contributed by atoms with Gasteiger partial charge in [0.2, 0.25) is 0 Å². The summed E-state index contributed by atoms with van der Waals surface area (Å²) in [6.45, 7) is 2.09. The number of rotatable bonds is 9. The molecule has 4 nitrogen and oxygen atoms in total. The Morgan fingerprint density at radius 3 is 2.44 bits per heavy atom. The minimum atomic E-state index is -1.11. The number of hydrogen-bond acceptors (Lipinski definition) is 3. The highest BCUT2D eigenvalue weighted by molar-refractivity contribution is 6.01. The first-order valence-corrected chi connectivity index (χ1v) is 5.89. The van der Waals surface area contributed by atoms with Crippen LogP contribution >= 0.6 is 0 Å². The van der Waals surface area contributed by atoms with E-state index in [1.807, 2.05) is 12.2 Å². The summed E-state index contributed by atoms with van der Waals surface area (Å²) in [4.78, 5) is 21.2. The molecule has 100 valence electrons. The van der Waals surface area contributed by atoms with E-state index in [4.69, 9.17) is 9.84 Å².